The molecular weight excluding hydrogens is 439 g/mol. The molecule has 5 nitrogen and oxygen atoms in total. The zero-order valence-corrected chi connectivity index (χ0v) is 18.3. The molecule has 3 aromatic carbocycles. The lowest BCUT2D eigenvalue weighted by molar-refractivity contribution is -0.120. The molecule has 162 valence electrons. The largest absolute Gasteiger partial charge is 0.325 e. The lowest BCUT2D eigenvalue weighted by atomic mass is 9.97. The van der Waals surface area contributed by atoms with Gasteiger partial charge >= 0.3 is 0 Å². The number of fused-ring (bicyclic) bond motifs is 1. The molecule has 0 bridgehead atoms. The maximum Gasteiger partial charge on any atom is 0.227 e. The Morgan fingerprint density at radius 2 is 1.71 bits per heavy atom. The van der Waals surface area contributed by atoms with Gasteiger partial charge in [0.1, 0.15) is 5.82 Å². The maximum atomic E-state index is 14.0. The van der Waals surface area contributed by atoms with Crippen LogP contribution in [0, 0.1) is 11.7 Å². The number of anilines is 1. The monoisotopic (exact) mass is 460 g/mol. The number of rotatable bonds is 5. The molecule has 0 spiro atoms. The van der Waals surface area contributed by atoms with Gasteiger partial charge in [-0.1, -0.05) is 54.1 Å². The Balaban J connectivity index is 1.40. The summed E-state index contributed by atoms with van der Waals surface area (Å²) in [7, 11) is -3.74. The number of nitrogens with one attached hydrogen (secondary N) is 1. The quantitative estimate of drug-likeness (QED) is 0.594. The number of carbonyl (C=O) groups excluding carboxylic acids is 1. The van der Waals surface area contributed by atoms with Gasteiger partial charge in [0.2, 0.25) is 15.9 Å². The Morgan fingerprint density at radius 1 is 1.03 bits per heavy atom. The van der Waals surface area contributed by atoms with Crippen molar-refractivity contribution in [3.63, 3.8) is 0 Å². The number of hydrogen-bond acceptors (Lipinski definition) is 3. The van der Waals surface area contributed by atoms with Crippen LogP contribution in [0.2, 0.25) is 5.02 Å². The third kappa shape index (κ3) is 4.74. The van der Waals surface area contributed by atoms with Crippen molar-refractivity contribution in [2.24, 2.45) is 5.92 Å². The van der Waals surface area contributed by atoms with E-state index in [1.165, 1.54) is 22.5 Å². The van der Waals surface area contributed by atoms with Gasteiger partial charge < -0.3 is 5.32 Å². The number of halogens is 2. The van der Waals surface area contributed by atoms with Gasteiger partial charge in [-0.25, -0.2) is 17.1 Å². The molecule has 1 amide bonds. The number of carbonyl (C=O) groups is 1. The second-order valence-electron chi connectivity index (χ2n) is 7.65. The third-order valence-electron chi connectivity index (χ3n) is 5.65. The van der Waals surface area contributed by atoms with Crippen molar-refractivity contribution in [1.29, 1.82) is 0 Å². The highest BCUT2D eigenvalue weighted by atomic mass is 35.5. The van der Waals surface area contributed by atoms with Crippen LogP contribution in [-0.2, 0) is 20.6 Å². The van der Waals surface area contributed by atoms with Crippen LogP contribution in [-0.4, -0.2) is 31.7 Å². The Morgan fingerprint density at radius 3 is 2.45 bits per heavy atom. The summed E-state index contributed by atoms with van der Waals surface area (Å²) in [4.78, 5) is 12.8. The Kier molecular flexibility index (Phi) is 6.27. The molecule has 1 fully saturated rings. The van der Waals surface area contributed by atoms with E-state index in [-0.39, 0.29) is 35.5 Å². The predicted molar refractivity (Wildman–Crippen MR) is 121 cm³/mol. The van der Waals surface area contributed by atoms with E-state index in [0.29, 0.717) is 12.8 Å². The van der Waals surface area contributed by atoms with Gasteiger partial charge in [0.05, 0.1) is 5.75 Å². The van der Waals surface area contributed by atoms with Gasteiger partial charge in [-0.15, -0.1) is 0 Å². The fraction of sp³-hybridized carbons (Fsp3) is 0.261. The molecule has 8 heteroatoms. The number of amides is 1. The standard InChI is InChI=1S/C23H22ClFN2O3S/c24-20-8-4-9-21(25)19(20)15-31(29,30)27-13-11-17(12-14-27)23(28)26-22-10-3-6-16-5-1-2-7-18(16)22/h1-10,17H,11-15H2,(H,26,28). The Labute approximate surface area is 185 Å². The van der Waals surface area contributed by atoms with Gasteiger partial charge in [0.25, 0.3) is 0 Å². The van der Waals surface area contributed by atoms with Gasteiger partial charge in [-0.05, 0) is 36.4 Å². The molecule has 1 aliphatic rings. The molecule has 1 N–H and O–H groups in total. The summed E-state index contributed by atoms with van der Waals surface area (Å²) in [6.07, 6.45) is 0.807. The van der Waals surface area contributed by atoms with E-state index in [0.717, 1.165) is 16.5 Å². The van der Waals surface area contributed by atoms with Gasteiger partial charge in [-0.2, -0.15) is 0 Å². The lowest BCUT2D eigenvalue weighted by Crippen LogP contribution is -2.42. The number of nitrogens with zero attached hydrogens (tertiary/aromatic N) is 1. The van der Waals surface area contributed by atoms with Crippen LogP contribution in [0.15, 0.2) is 60.7 Å². The van der Waals surface area contributed by atoms with Crippen LogP contribution in [0.3, 0.4) is 0 Å². The van der Waals surface area contributed by atoms with Crippen molar-refractivity contribution >= 4 is 44.0 Å². The first-order valence-electron chi connectivity index (χ1n) is 10.0. The van der Waals surface area contributed by atoms with Gasteiger partial charge in [-0.3, -0.25) is 4.79 Å². The van der Waals surface area contributed by atoms with E-state index in [1.807, 2.05) is 42.5 Å². The minimum absolute atomic E-state index is 0.0278. The van der Waals surface area contributed by atoms with E-state index >= 15 is 0 Å². The molecule has 0 radical (unpaired) electrons. The average molecular weight is 461 g/mol. The Hall–Kier alpha value is -2.48. The molecule has 0 atom stereocenters. The lowest BCUT2D eigenvalue weighted by Gasteiger charge is -2.30. The van der Waals surface area contributed by atoms with E-state index in [2.05, 4.69) is 5.32 Å². The SMILES string of the molecule is O=C(Nc1cccc2ccccc12)C1CCN(S(=O)(=O)Cc2c(F)cccc2Cl)CC1. The smallest absolute Gasteiger partial charge is 0.227 e. The summed E-state index contributed by atoms with van der Waals surface area (Å²) in [6.45, 7) is 0.421. The van der Waals surface area contributed by atoms with Crippen molar-refractivity contribution < 1.29 is 17.6 Å². The summed E-state index contributed by atoms with van der Waals surface area (Å²) >= 11 is 5.98. The van der Waals surface area contributed by atoms with Crippen molar-refractivity contribution in [1.82, 2.24) is 4.31 Å². The van der Waals surface area contributed by atoms with Gasteiger partial charge in [0.15, 0.2) is 0 Å². The molecule has 0 saturated carbocycles. The van der Waals surface area contributed by atoms with E-state index < -0.39 is 21.6 Å². The zero-order valence-electron chi connectivity index (χ0n) is 16.7. The molecule has 1 aliphatic heterocycles. The zero-order chi connectivity index (χ0) is 22.0. The first-order chi connectivity index (χ1) is 14.8. The van der Waals surface area contributed by atoms with Crippen LogP contribution in [0.4, 0.5) is 10.1 Å². The van der Waals surface area contributed by atoms with Crippen LogP contribution >= 0.6 is 11.6 Å². The van der Waals surface area contributed by atoms with E-state index in [1.54, 1.807) is 0 Å². The van der Waals surface area contributed by atoms with Crippen molar-refractivity contribution in [2.45, 2.75) is 18.6 Å². The average Bonchev–Trinajstić information content (AvgIpc) is 2.77. The molecular formula is C23H22ClFN2O3S. The third-order valence-corrected chi connectivity index (χ3v) is 7.81. The van der Waals surface area contributed by atoms with Gasteiger partial charge in [0, 0.05) is 40.7 Å². The molecule has 3 aromatic rings. The van der Waals surface area contributed by atoms with E-state index in [4.69, 9.17) is 11.6 Å². The minimum atomic E-state index is -3.74. The molecule has 1 heterocycles. The highest BCUT2D eigenvalue weighted by molar-refractivity contribution is 7.88. The second kappa shape index (κ2) is 8.94. The molecule has 0 aromatic heterocycles. The summed E-state index contributed by atoms with van der Waals surface area (Å²) in [6, 6.07) is 17.6. The first-order valence-corrected chi connectivity index (χ1v) is 12.0. The van der Waals surface area contributed by atoms with Crippen molar-refractivity contribution in [2.75, 3.05) is 18.4 Å². The number of hydrogen-bond donors (Lipinski definition) is 1. The van der Waals surface area contributed by atoms with Crippen LogP contribution in [0.5, 0.6) is 0 Å². The topological polar surface area (TPSA) is 66.5 Å². The summed E-state index contributed by atoms with van der Waals surface area (Å²) in [5.41, 5.74) is 0.715. The molecule has 4 rings (SSSR count). The molecule has 31 heavy (non-hydrogen) atoms. The first kappa shape index (κ1) is 21.7. The number of benzene rings is 3. The molecule has 0 unspecified atom stereocenters. The number of sulfonamides is 1. The second-order valence-corrected chi connectivity index (χ2v) is 10.0. The Bertz CT molecular complexity index is 1200. The number of piperidine rings is 1. The fourth-order valence-electron chi connectivity index (χ4n) is 3.91. The summed E-state index contributed by atoms with van der Waals surface area (Å²) in [5, 5.41) is 5.07. The highest BCUT2D eigenvalue weighted by Gasteiger charge is 2.32. The molecule has 0 aliphatic carbocycles. The normalized spacial score (nSPS) is 15.8. The highest BCUT2D eigenvalue weighted by Crippen LogP contribution is 2.28. The van der Waals surface area contributed by atoms with Crippen molar-refractivity contribution in [3.05, 3.63) is 77.1 Å². The van der Waals surface area contributed by atoms with Crippen LogP contribution in [0.25, 0.3) is 10.8 Å². The van der Waals surface area contributed by atoms with Crippen LogP contribution in [0.1, 0.15) is 18.4 Å². The summed E-state index contributed by atoms with van der Waals surface area (Å²) in [5.74, 6) is -1.54. The predicted octanol–water partition coefficient (Wildman–Crippen LogP) is 4.81. The molecule has 1 saturated heterocycles. The maximum absolute atomic E-state index is 14.0. The van der Waals surface area contributed by atoms with E-state index in [9.17, 15) is 17.6 Å². The van der Waals surface area contributed by atoms with Crippen LogP contribution < -0.4 is 5.32 Å². The fourth-order valence-corrected chi connectivity index (χ4v) is 5.83. The summed E-state index contributed by atoms with van der Waals surface area (Å²) < 4.78 is 40.9. The van der Waals surface area contributed by atoms with Crippen molar-refractivity contribution in [3.8, 4) is 0 Å². The minimum Gasteiger partial charge on any atom is -0.325 e.